The number of aryl methyl sites for hydroxylation is 2. The summed E-state index contributed by atoms with van der Waals surface area (Å²) in [7, 11) is 0.694. The summed E-state index contributed by atoms with van der Waals surface area (Å²) in [4.78, 5) is 21.3. The molecule has 0 aromatic carbocycles. The van der Waals surface area contributed by atoms with Gasteiger partial charge in [0.05, 0.1) is 21.7 Å². The molecular formula is C14H21N3O3S2. The summed E-state index contributed by atoms with van der Waals surface area (Å²) in [5.41, 5.74) is 0.733. The van der Waals surface area contributed by atoms with E-state index in [0.717, 1.165) is 10.7 Å². The molecule has 0 saturated carbocycles. The van der Waals surface area contributed by atoms with Crippen LogP contribution in [0, 0.1) is 19.8 Å². The number of amides is 1. The molecule has 1 amide bonds. The lowest BCUT2D eigenvalue weighted by Gasteiger charge is -2.24. The SMILES string of the molecule is Cc1nc(C)c(C(=O)N2C[C@H]3[C@H](N(C)C)CS(=O)(=O)[C@H]3C2)s1. The first-order chi connectivity index (χ1) is 10.2. The van der Waals surface area contributed by atoms with Gasteiger partial charge in [-0.25, -0.2) is 13.4 Å². The maximum absolute atomic E-state index is 12.7. The minimum Gasteiger partial charge on any atom is -0.336 e. The molecular weight excluding hydrogens is 322 g/mol. The zero-order valence-corrected chi connectivity index (χ0v) is 14.9. The molecule has 22 heavy (non-hydrogen) atoms. The molecule has 2 aliphatic rings. The standard InChI is InChI=1S/C14H21N3O3S2/c1-8-13(21-9(2)15-8)14(18)17-5-10-11(16(3)4)7-22(19,20)12(10)6-17/h10-12H,5-7H2,1-4H3/t10-,11+,12-/m0/s1. The van der Waals surface area contributed by atoms with Gasteiger partial charge in [0.2, 0.25) is 0 Å². The van der Waals surface area contributed by atoms with Gasteiger partial charge in [-0.3, -0.25) is 4.79 Å². The van der Waals surface area contributed by atoms with Gasteiger partial charge < -0.3 is 9.80 Å². The summed E-state index contributed by atoms with van der Waals surface area (Å²) < 4.78 is 24.7. The molecule has 6 nitrogen and oxygen atoms in total. The van der Waals surface area contributed by atoms with E-state index in [4.69, 9.17) is 0 Å². The van der Waals surface area contributed by atoms with Crippen molar-refractivity contribution in [2.24, 2.45) is 5.92 Å². The molecule has 3 atom stereocenters. The number of thiazole rings is 1. The van der Waals surface area contributed by atoms with Crippen molar-refractivity contribution < 1.29 is 13.2 Å². The van der Waals surface area contributed by atoms with E-state index in [-0.39, 0.29) is 23.6 Å². The van der Waals surface area contributed by atoms with E-state index >= 15 is 0 Å². The minimum absolute atomic E-state index is 0.00269. The van der Waals surface area contributed by atoms with Crippen LogP contribution in [0.15, 0.2) is 0 Å². The average molecular weight is 343 g/mol. The maximum atomic E-state index is 12.7. The van der Waals surface area contributed by atoms with Crippen LogP contribution in [0.4, 0.5) is 0 Å². The number of carbonyl (C=O) groups is 1. The van der Waals surface area contributed by atoms with Crippen molar-refractivity contribution in [3.8, 4) is 0 Å². The highest BCUT2D eigenvalue weighted by Gasteiger charge is 2.53. The number of nitrogens with zero attached hydrogens (tertiary/aromatic N) is 3. The fourth-order valence-corrected chi connectivity index (χ4v) is 6.97. The van der Waals surface area contributed by atoms with Gasteiger partial charge in [0, 0.05) is 25.0 Å². The van der Waals surface area contributed by atoms with Gasteiger partial charge in [0.25, 0.3) is 5.91 Å². The molecule has 0 radical (unpaired) electrons. The molecule has 0 N–H and O–H groups in total. The lowest BCUT2D eigenvalue weighted by molar-refractivity contribution is 0.0783. The van der Waals surface area contributed by atoms with Crippen LogP contribution in [0.5, 0.6) is 0 Å². The largest absolute Gasteiger partial charge is 0.336 e. The quantitative estimate of drug-likeness (QED) is 0.785. The Labute approximate surface area is 135 Å². The Bertz CT molecular complexity index is 711. The summed E-state index contributed by atoms with van der Waals surface area (Å²) in [5.74, 6) is 0.138. The van der Waals surface area contributed by atoms with Crippen LogP contribution in [-0.4, -0.2) is 73.3 Å². The molecule has 1 aromatic heterocycles. The summed E-state index contributed by atoms with van der Waals surface area (Å²) in [6.07, 6.45) is 0. The number of sulfone groups is 1. The molecule has 3 rings (SSSR count). The van der Waals surface area contributed by atoms with Crippen LogP contribution < -0.4 is 0 Å². The smallest absolute Gasteiger partial charge is 0.265 e. The highest BCUT2D eigenvalue weighted by Crippen LogP contribution is 2.37. The number of rotatable bonds is 2. The number of hydrogen-bond donors (Lipinski definition) is 0. The number of hydrogen-bond acceptors (Lipinski definition) is 6. The van der Waals surface area contributed by atoms with Crippen LogP contribution in [0.2, 0.25) is 0 Å². The van der Waals surface area contributed by atoms with Crippen molar-refractivity contribution in [2.75, 3.05) is 32.9 Å². The monoisotopic (exact) mass is 343 g/mol. The highest BCUT2D eigenvalue weighted by molar-refractivity contribution is 7.92. The Morgan fingerprint density at radius 2 is 2.00 bits per heavy atom. The first kappa shape index (κ1) is 15.9. The van der Waals surface area contributed by atoms with E-state index in [1.165, 1.54) is 11.3 Å². The van der Waals surface area contributed by atoms with Crippen LogP contribution in [-0.2, 0) is 9.84 Å². The second kappa shape index (κ2) is 5.28. The summed E-state index contributed by atoms with van der Waals surface area (Å²) in [6, 6.07) is -0.00269. The average Bonchev–Trinajstić information content (AvgIpc) is 3.04. The topological polar surface area (TPSA) is 70.6 Å². The zero-order valence-electron chi connectivity index (χ0n) is 13.2. The Balaban J connectivity index is 1.85. The molecule has 0 spiro atoms. The predicted octanol–water partition coefficient (Wildman–Crippen LogP) is 0.559. The Morgan fingerprint density at radius 3 is 2.55 bits per heavy atom. The molecule has 3 heterocycles. The molecule has 122 valence electrons. The molecule has 0 unspecified atom stereocenters. The van der Waals surface area contributed by atoms with E-state index in [9.17, 15) is 13.2 Å². The van der Waals surface area contributed by atoms with Crippen LogP contribution >= 0.6 is 11.3 Å². The van der Waals surface area contributed by atoms with Gasteiger partial charge in [-0.15, -0.1) is 11.3 Å². The third kappa shape index (κ3) is 2.47. The highest BCUT2D eigenvalue weighted by atomic mass is 32.2. The minimum atomic E-state index is -3.12. The van der Waals surface area contributed by atoms with E-state index < -0.39 is 15.1 Å². The summed E-state index contributed by atoms with van der Waals surface area (Å²) >= 11 is 1.38. The van der Waals surface area contributed by atoms with E-state index in [2.05, 4.69) is 4.98 Å². The van der Waals surface area contributed by atoms with E-state index in [1.54, 1.807) is 4.90 Å². The van der Waals surface area contributed by atoms with Gasteiger partial charge in [0.1, 0.15) is 4.88 Å². The molecule has 8 heteroatoms. The lowest BCUT2D eigenvalue weighted by Crippen LogP contribution is -2.38. The van der Waals surface area contributed by atoms with Crippen molar-refractivity contribution in [2.45, 2.75) is 25.1 Å². The maximum Gasteiger partial charge on any atom is 0.265 e. The fourth-order valence-electron chi connectivity index (χ4n) is 3.60. The predicted molar refractivity (Wildman–Crippen MR) is 86.0 cm³/mol. The normalized spacial score (nSPS) is 30.0. The van der Waals surface area contributed by atoms with Crippen molar-refractivity contribution in [3.05, 3.63) is 15.6 Å². The number of carbonyl (C=O) groups excluding carboxylic acids is 1. The second-order valence-corrected chi connectivity index (χ2v) is 9.89. The van der Waals surface area contributed by atoms with Crippen molar-refractivity contribution in [1.82, 2.24) is 14.8 Å². The van der Waals surface area contributed by atoms with Gasteiger partial charge in [-0.2, -0.15) is 0 Å². The van der Waals surface area contributed by atoms with E-state index in [0.29, 0.717) is 18.0 Å². The molecule has 0 aliphatic carbocycles. The Hall–Kier alpha value is -0.990. The molecule has 2 aliphatic heterocycles. The van der Waals surface area contributed by atoms with Gasteiger partial charge >= 0.3 is 0 Å². The Morgan fingerprint density at radius 1 is 1.32 bits per heavy atom. The number of aromatic nitrogens is 1. The first-order valence-corrected chi connectivity index (χ1v) is 9.85. The number of likely N-dealkylation sites (tertiary alicyclic amines) is 1. The second-order valence-electron chi connectivity index (χ2n) is 6.42. The summed E-state index contributed by atoms with van der Waals surface area (Å²) in [6.45, 7) is 4.53. The van der Waals surface area contributed by atoms with Gasteiger partial charge in [-0.05, 0) is 27.9 Å². The van der Waals surface area contributed by atoms with Crippen LogP contribution in [0.3, 0.4) is 0 Å². The Kier molecular flexibility index (Phi) is 3.81. The third-order valence-corrected chi connectivity index (χ3v) is 8.00. The van der Waals surface area contributed by atoms with E-state index in [1.807, 2.05) is 32.8 Å². The lowest BCUT2D eigenvalue weighted by atomic mass is 10.00. The van der Waals surface area contributed by atoms with Crippen LogP contribution in [0.1, 0.15) is 20.4 Å². The molecule has 2 saturated heterocycles. The van der Waals surface area contributed by atoms with Crippen LogP contribution in [0.25, 0.3) is 0 Å². The molecule has 1 aromatic rings. The van der Waals surface area contributed by atoms with Crippen molar-refractivity contribution in [3.63, 3.8) is 0 Å². The van der Waals surface area contributed by atoms with Gasteiger partial charge in [0.15, 0.2) is 9.84 Å². The van der Waals surface area contributed by atoms with Crippen molar-refractivity contribution in [1.29, 1.82) is 0 Å². The van der Waals surface area contributed by atoms with Crippen molar-refractivity contribution >= 4 is 27.1 Å². The molecule has 0 bridgehead atoms. The third-order valence-electron chi connectivity index (χ3n) is 4.72. The first-order valence-electron chi connectivity index (χ1n) is 7.32. The number of fused-ring (bicyclic) bond motifs is 1. The zero-order chi connectivity index (χ0) is 16.2. The molecule has 2 fully saturated rings. The van der Waals surface area contributed by atoms with Gasteiger partial charge in [-0.1, -0.05) is 0 Å². The fraction of sp³-hybridized carbons (Fsp3) is 0.714. The summed E-state index contributed by atoms with van der Waals surface area (Å²) in [5, 5.41) is 0.442.